The monoisotopic (exact) mass is 202 g/mol. The molecule has 0 aromatic heterocycles. The Hall–Kier alpha value is -0.340. The van der Waals surface area contributed by atoms with Crippen molar-refractivity contribution in [1.29, 1.82) is 0 Å². The van der Waals surface area contributed by atoms with E-state index in [2.05, 4.69) is 12.6 Å². The molecule has 0 aliphatic heterocycles. The third-order valence-corrected chi connectivity index (χ3v) is 2.02. The molecule has 12 heavy (non-hydrogen) atoms. The van der Waals surface area contributed by atoms with E-state index in [0.717, 1.165) is 22.6 Å². The number of thiol groups is 1. The van der Waals surface area contributed by atoms with Crippen LogP contribution in [0.2, 0.25) is 0 Å². The molecule has 0 aliphatic carbocycles. The van der Waals surface area contributed by atoms with Crippen LogP contribution in [0.3, 0.4) is 0 Å². The molecule has 3 heteroatoms. The van der Waals surface area contributed by atoms with Crippen molar-refractivity contribution < 1.29 is 4.74 Å². The van der Waals surface area contributed by atoms with Gasteiger partial charge in [0.05, 0.1) is 7.11 Å². The molecule has 1 rings (SSSR count). The summed E-state index contributed by atoms with van der Waals surface area (Å²) in [7, 11) is 1.65. The average Bonchev–Trinajstić information content (AvgIpc) is 2.04. The molecule has 0 radical (unpaired) electrons. The minimum Gasteiger partial charge on any atom is -0.497 e. The van der Waals surface area contributed by atoms with Gasteiger partial charge in [0.2, 0.25) is 0 Å². The smallest absolute Gasteiger partial charge is 0.120 e. The van der Waals surface area contributed by atoms with E-state index in [1.807, 2.05) is 18.2 Å². The fraction of sp³-hybridized carbons (Fsp3) is 0.333. The molecule has 0 aliphatic rings. The topological polar surface area (TPSA) is 9.23 Å². The number of benzene rings is 1. The fourth-order valence-corrected chi connectivity index (χ4v) is 1.53. The summed E-state index contributed by atoms with van der Waals surface area (Å²) in [5.74, 6) is 1.46. The summed E-state index contributed by atoms with van der Waals surface area (Å²) in [6.45, 7) is 0. The summed E-state index contributed by atoms with van der Waals surface area (Å²) in [5.41, 5.74) is 1.16. The Morgan fingerprint density at radius 1 is 1.42 bits per heavy atom. The van der Waals surface area contributed by atoms with Gasteiger partial charge in [0.15, 0.2) is 0 Å². The van der Waals surface area contributed by atoms with Crippen LogP contribution in [-0.2, 0) is 6.42 Å². The van der Waals surface area contributed by atoms with Gasteiger partial charge in [-0.05, 0) is 30.2 Å². The van der Waals surface area contributed by atoms with E-state index in [-0.39, 0.29) is 0 Å². The number of aryl methyl sites for hydroxylation is 1. The zero-order chi connectivity index (χ0) is 8.97. The van der Waals surface area contributed by atoms with Crippen molar-refractivity contribution in [3.63, 3.8) is 0 Å². The van der Waals surface area contributed by atoms with E-state index < -0.39 is 0 Å². The maximum atomic E-state index is 5.62. The normalized spacial score (nSPS) is 9.92. The highest BCUT2D eigenvalue weighted by atomic mass is 35.5. The standard InChI is InChI=1S/C9H11ClOS/c1-11-8-4-7(2-3-10)5-9(12)6-8/h4-6,12H,2-3H2,1H3. The molecule has 1 aromatic carbocycles. The zero-order valence-corrected chi connectivity index (χ0v) is 8.53. The first-order valence-corrected chi connectivity index (χ1v) is 4.67. The molecule has 0 unspecified atom stereocenters. The summed E-state index contributed by atoms with van der Waals surface area (Å²) in [6.07, 6.45) is 0.853. The van der Waals surface area contributed by atoms with Gasteiger partial charge in [0.25, 0.3) is 0 Å². The first-order valence-electron chi connectivity index (χ1n) is 3.69. The Bertz CT molecular complexity index is 263. The summed E-state index contributed by atoms with van der Waals surface area (Å²) in [5, 5.41) is 0. The first-order chi connectivity index (χ1) is 5.76. The highest BCUT2D eigenvalue weighted by Gasteiger charge is 1.97. The lowest BCUT2D eigenvalue weighted by atomic mass is 10.2. The van der Waals surface area contributed by atoms with Gasteiger partial charge >= 0.3 is 0 Å². The third-order valence-electron chi connectivity index (χ3n) is 1.57. The molecule has 0 saturated heterocycles. The average molecular weight is 203 g/mol. The Morgan fingerprint density at radius 2 is 2.17 bits per heavy atom. The van der Waals surface area contributed by atoms with Gasteiger partial charge in [-0.1, -0.05) is 0 Å². The maximum Gasteiger partial charge on any atom is 0.120 e. The molecule has 1 aromatic rings. The van der Waals surface area contributed by atoms with E-state index in [4.69, 9.17) is 16.3 Å². The molecular weight excluding hydrogens is 192 g/mol. The second-order valence-electron chi connectivity index (χ2n) is 2.48. The van der Waals surface area contributed by atoms with E-state index in [9.17, 15) is 0 Å². The summed E-state index contributed by atoms with van der Waals surface area (Å²) < 4.78 is 5.09. The van der Waals surface area contributed by atoms with Crippen LogP contribution in [0.25, 0.3) is 0 Å². The van der Waals surface area contributed by atoms with Crippen LogP contribution >= 0.6 is 24.2 Å². The van der Waals surface area contributed by atoms with Crippen molar-refractivity contribution >= 4 is 24.2 Å². The first kappa shape index (κ1) is 9.75. The fourth-order valence-electron chi connectivity index (χ4n) is 1.01. The Kier molecular flexibility index (Phi) is 3.76. The molecule has 0 atom stereocenters. The van der Waals surface area contributed by atoms with Crippen molar-refractivity contribution in [2.75, 3.05) is 13.0 Å². The Morgan fingerprint density at radius 3 is 2.75 bits per heavy atom. The Balaban J connectivity index is 2.90. The van der Waals surface area contributed by atoms with Gasteiger partial charge in [-0.15, -0.1) is 24.2 Å². The maximum absolute atomic E-state index is 5.62. The molecule has 66 valence electrons. The lowest BCUT2D eigenvalue weighted by Gasteiger charge is -2.04. The molecule has 0 amide bonds. The van der Waals surface area contributed by atoms with Gasteiger partial charge in [-0.2, -0.15) is 0 Å². The molecule has 0 fully saturated rings. The van der Waals surface area contributed by atoms with Crippen molar-refractivity contribution in [3.8, 4) is 5.75 Å². The molecule has 1 nitrogen and oxygen atoms in total. The molecule has 0 heterocycles. The molecule has 0 N–H and O–H groups in total. The highest BCUT2D eigenvalue weighted by Crippen LogP contribution is 2.19. The summed E-state index contributed by atoms with van der Waals surface area (Å²) in [6, 6.07) is 5.84. The minimum absolute atomic E-state index is 0.625. The number of halogens is 1. The second kappa shape index (κ2) is 4.63. The second-order valence-corrected chi connectivity index (χ2v) is 3.37. The third kappa shape index (κ3) is 2.61. The molecule has 0 bridgehead atoms. The van der Waals surface area contributed by atoms with Crippen LogP contribution in [0.1, 0.15) is 5.56 Å². The number of rotatable bonds is 3. The van der Waals surface area contributed by atoms with Crippen molar-refractivity contribution in [3.05, 3.63) is 23.8 Å². The Labute approximate surface area is 83.1 Å². The quantitative estimate of drug-likeness (QED) is 0.586. The van der Waals surface area contributed by atoms with Gasteiger partial charge in [-0.25, -0.2) is 0 Å². The van der Waals surface area contributed by atoms with E-state index in [0.29, 0.717) is 5.88 Å². The van der Waals surface area contributed by atoms with Crippen LogP contribution in [0.15, 0.2) is 23.1 Å². The van der Waals surface area contributed by atoms with Crippen molar-refractivity contribution in [1.82, 2.24) is 0 Å². The van der Waals surface area contributed by atoms with Crippen molar-refractivity contribution in [2.45, 2.75) is 11.3 Å². The predicted octanol–water partition coefficient (Wildman–Crippen LogP) is 2.77. The summed E-state index contributed by atoms with van der Waals surface area (Å²) >= 11 is 9.87. The van der Waals surface area contributed by atoms with Gasteiger partial charge in [0.1, 0.15) is 5.75 Å². The lowest BCUT2D eigenvalue weighted by molar-refractivity contribution is 0.413. The van der Waals surface area contributed by atoms with Crippen LogP contribution in [0.4, 0.5) is 0 Å². The number of methoxy groups -OCH3 is 1. The van der Waals surface area contributed by atoms with E-state index >= 15 is 0 Å². The summed E-state index contributed by atoms with van der Waals surface area (Å²) in [4.78, 5) is 0.912. The van der Waals surface area contributed by atoms with Crippen molar-refractivity contribution in [2.24, 2.45) is 0 Å². The number of alkyl halides is 1. The predicted molar refractivity (Wildman–Crippen MR) is 54.7 cm³/mol. The SMILES string of the molecule is COc1cc(S)cc(CCCl)c1. The zero-order valence-electron chi connectivity index (χ0n) is 6.88. The van der Waals surface area contributed by atoms with Crippen LogP contribution in [0, 0.1) is 0 Å². The lowest BCUT2D eigenvalue weighted by Crippen LogP contribution is -1.89. The van der Waals surface area contributed by atoms with Gasteiger partial charge < -0.3 is 4.74 Å². The highest BCUT2D eigenvalue weighted by molar-refractivity contribution is 7.80. The number of hydrogen-bond donors (Lipinski definition) is 1. The number of ether oxygens (including phenoxy) is 1. The number of hydrogen-bond acceptors (Lipinski definition) is 2. The van der Waals surface area contributed by atoms with E-state index in [1.165, 1.54) is 0 Å². The molecule has 0 spiro atoms. The van der Waals surface area contributed by atoms with E-state index in [1.54, 1.807) is 7.11 Å². The van der Waals surface area contributed by atoms with Crippen LogP contribution in [-0.4, -0.2) is 13.0 Å². The van der Waals surface area contributed by atoms with Gasteiger partial charge in [0, 0.05) is 10.8 Å². The molecular formula is C9H11ClOS. The van der Waals surface area contributed by atoms with Crippen LogP contribution in [0.5, 0.6) is 5.75 Å². The minimum atomic E-state index is 0.625. The van der Waals surface area contributed by atoms with Crippen LogP contribution < -0.4 is 4.74 Å². The largest absolute Gasteiger partial charge is 0.497 e. The van der Waals surface area contributed by atoms with Gasteiger partial charge in [-0.3, -0.25) is 0 Å². The molecule has 0 saturated carbocycles.